The molecule has 0 spiro atoms. The van der Waals surface area contributed by atoms with E-state index in [-0.39, 0.29) is 5.91 Å². The molecule has 0 bridgehead atoms. The van der Waals surface area contributed by atoms with E-state index in [1.54, 1.807) is 18.3 Å². The van der Waals surface area contributed by atoms with E-state index in [0.29, 0.717) is 12.2 Å². The van der Waals surface area contributed by atoms with Crippen LogP contribution in [0.2, 0.25) is 0 Å². The van der Waals surface area contributed by atoms with Gasteiger partial charge in [0, 0.05) is 12.2 Å². The van der Waals surface area contributed by atoms with E-state index in [1.165, 1.54) is 0 Å². The molecule has 1 aromatic heterocycles. The molecule has 0 saturated heterocycles. The fourth-order valence-corrected chi connectivity index (χ4v) is 1.96. The van der Waals surface area contributed by atoms with E-state index >= 15 is 0 Å². The smallest absolute Gasteiger partial charge is 0.274 e. The predicted octanol–water partition coefficient (Wildman–Crippen LogP) is 3.49. The summed E-state index contributed by atoms with van der Waals surface area (Å²) >= 11 is 0. The Balaban J connectivity index is 2.07. The molecule has 1 heterocycles. The molecule has 2 aromatic rings. The Kier molecular flexibility index (Phi) is 5.10. The number of nitrogens with one attached hydrogen (secondary N) is 2. The molecule has 1 amide bonds. The maximum Gasteiger partial charge on any atom is 0.274 e. The number of carbonyl (C=O) groups excluding carboxylic acids is 1. The molecule has 21 heavy (non-hydrogen) atoms. The SMILES string of the molecule is C=CCNc1ccc(C(=O)Nc2ccccc2CC)nc1. The summed E-state index contributed by atoms with van der Waals surface area (Å²) in [5, 5.41) is 6.02. The summed E-state index contributed by atoms with van der Waals surface area (Å²) < 4.78 is 0. The Morgan fingerprint density at radius 1 is 1.29 bits per heavy atom. The van der Waals surface area contributed by atoms with Gasteiger partial charge in [0.05, 0.1) is 11.9 Å². The van der Waals surface area contributed by atoms with Crippen molar-refractivity contribution in [3.63, 3.8) is 0 Å². The van der Waals surface area contributed by atoms with Crippen LogP contribution in [-0.2, 0) is 6.42 Å². The largest absolute Gasteiger partial charge is 0.380 e. The minimum atomic E-state index is -0.203. The van der Waals surface area contributed by atoms with Gasteiger partial charge in [0.15, 0.2) is 0 Å². The molecule has 4 heteroatoms. The average molecular weight is 281 g/mol. The molecule has 1 aromatic carbocycles. The number of amides is 1. The van der Waals surface area contributed by atoms with Gasteiger partial charge in [0.25, 0.3) is 5.91 Å². The van der Waals surface area contributed by atoms with E-state index in [0.717, 1.165) is 23.4 Å². The van der Waals surface area contributed by atoms with Crippen molar-refractivity contribution in [3.05, 3.63) is 66.5 Å². The van der Waals surface area contributed by atoms with E-state index in [1.807, 2.05) is 30.3 Å². The van der Waals surface area contributed by atoms with Crippen LogP contribution < -0.4 is 10.6 Å². The van der Waals surface area contributed by atoms with Gasteiger partial charge in [-0.3, -0.25) is 4.79 Å². The Bertz CT molecular complexity index is 620. The second-order valence-electron chi connectivity index (χ2n) is 4.57. The quantitative estimate of drug-likeness (QED) is 0.797. The van der Waals surface area contributed by atoms with Gasteiger partial charge in [-0.05, 0) is 30.2 Å². The van der Waals surface area contributed by atoms with E-state index in [4.69, 9.17) is 0 Å². The lowest BCUT2D eigenvalue weighted by atomic mass is 10.1. The van der Waals surface area contributed by atoms with Crippen LogP contribution in [0.1, 0.15) is 23.0 Å². The van der Waals surface area contributed by atoms with Gasteiger partial charge in [0.1, 0.15) is 5.69 Å². The zero-order valence-electron chi connectivity index (χ0n) is 12.1. The van der Waals surface area contributed by atoms with Gasteiger partial charge in [-0.2, -0.15) is 0 Å². The van der Waals surface area contributed by atoms with Crippen LogP contribution in [0.4, 0.5) is 11.4 Å². The average Bonchev–Trinajstić information content (AvgIpc) is 2.54. The zero-order valence-corrected chi connectivity index (χ0v) is 12.1. The lowest BCUT2D eigenvalue weighted by Crippen LogP contribution is -2.14. The monoisotopic (exact) mass is 281 g/mol. The summed E-state index contributed by atoms with van der Waals surface area (Å²) in [6.45, 7) is 6.36. The lowest BCUT2D eigenvalue weighted by molar-refractivity contribution is 0.102. The number of pyridine rings is 1. The first-order valence-electron chi connectivity index (χ1n) is 6.94. The van der Waals surface area contributed by atoms with Crippen LogP contribution in [0.15, 0.2) is 55.3 Å². The highest BCUT2D eigenvalue weighted by Crippen LogP contribution is 2.16. The number of hydrogen-bond acceptors (Lipinski definition) is 3. The van der Waals surface area contributed by atoms with Crippen LogP contribution in [0.5, 0.6) is 0 Å². The maximum atomic E-state index is 12.2. The van der Waals surface area contributed by atoms with Crippen molar-refractivity contribution in [1.82, 2.24) is 4.98 Å². The third-order valence-corrected chi connectivity index (χ3v) is 3.09. The molecule has 0 fully saturated rings. The number of aromatic nitrogens is 1. The van der Waals surface area contributed by atoms with Gasteiger partial charge >= 0.3 is 0 Å². The minimum Gasteiger partial charge on any atom is -0.380 e. The second-order valence-corrected chi connectivity index (χ2v) is 4.57. The van der Waals surface area contributed by atoms with Crippen LogP contribution in [0.25, 0.3) is 0 Å². The maximum absolute atomic E-state index is 12.2. The highest BCUT2D eigenvalue weighted by Gasteiger charge is 2.09. The first-order valence-corrected chi connectivity index (χ1v) is 6.94. The molecule has 0 atom stereocenters. The van der Waals surface area contributed by atoms with Gasteiger partial charge in [-0.1, -0.05) is 31.2 Å². The van der Waals surface area contributed by atoms with Crippen molar-refractivity contribution in [2.75, 3.05) is 17.2 Å². The van der Waals surface area contributed by atoms with Gasteiger partial charge in [0.2, 0.25) is 0 Å². The fourth-order valence-electron chi connectivity index (χ4n) is 1.96. The Morgan fingerprint density at radius 3 is 2.76 bits per heavy atom. The number of para-hydroxylation sites is 1. The molecular formula is C17H19N3O. The third kappa shape index (κ3) is 3.92. The number of hydrogen-bond donors (Lipinski definition) is 2. The Labute approximate surface area is 124 Å². The highest BCUT2D eigenvalue weighted by atomic mass is 16.1. The van der Waals surface area contributed by atoms with Crippen LogP contribution >= 0.6 is 0 Å². The van der Waals surface area contributed by atoms with E-state index in [9.17, 15) is 4.79 Å². The fraction of sp³-hybridized carbons (Fsp3) is 0.176. The van der Waals surface area contributed by atoms with Crippen LogP contribution in [-0.4, -0.2) is 17.4 Å². The van der Waals surface area contributed by atoms with E-state index in [2.05, 4.69) is 29.1 Å². The number of carbonyl (C=O) groups is 1. The van der Waals surface area contributed by atoms with Gasteiger partial charge in [-0.25, -0.2) is 4.98 Å². The molecule has 4 nitrogen and oxygen atoms in total. The summed E-state index contributed by atoms with van der Waals surface area (Å²) in [6.07, 6.45) is 4.28. The molecule has 0 aliphatic carbocycles. The lowest BCUT2D eigenvalue weighted by Gasteiger charge is -2.09. The number of benzene rings is 1. The molecule has 108 valence electrons. The minimum absolute atomic E-state index is 0.203. The molecule has 0 aliphatic heterocycles. The summed E-state index contributed by atoms with van der Waals surface area (Å²) in [7, 11) is 0. The van der Waals surface area contributed by atoms with Gasteiger partial charge < -0.3 is 10.6 Å². The number of rotatable bonds is 6. The molecule has 0 radical (unpaired) electrons. The number of aryl methyl sites for hydroxylation is 1. The Hall–Kier alpha value is -2.62. The van der Waals surface area contributed by atoms with Crippen molar-refractivity contribution in [2.24, 2.45) is 0 Å². The Morgan fingerprint density at radius 2 is 2.10 bits per heavy atom. The van der Waals surface area contributed by atoms with Crippen molar-refractivity contribution >= 4 is 17.3 Å². The van der Waals surface area contributed by atoms with Crippen LogP contribution in [0, 0.1) is 0 Å². The molecule has 0 unspecified atom stereocenters. The van der Waals surface area contributed by atoms with E-state index < -0.39 is 0 Å². The van der Waals surface area contributed by atoms with Gasteiger partial charge in [-0.15, -0.1) is 6.58 Å². The van der Waals surface area contributed by atoms with Crippen LogP contribution in [0.3, 0.4) is 0 Å². The number of anilines is 2. The molecule has 0 saturated carbocycles. The predicted molar refractivity (Wildman–Crippen MR) is 86.7 cm³/mol. The molecule has 2 N–H and O–H groups in total. The van der Waals surface area contributed by atoms with Crippen molar-refractivity contribution in [2.45, 2.75) is 13.3 Å². The summed E-state index contributed by atoms with van der Waals surface area (Å²) in [4.78, 5) is 16.4. The number of nitrogens with zero attached hydrogens (tertiary/aromatic N) is 1. The normalized spacial score (nSPS) is 9.95. The molecule has 2 rings (SSSR count). The molecule has 0 aliphatic rings. The topological polar surface area (TPSA) is 54.0 Å². The van der Waals surface area contributed by atoms with Crippen molar-refractivity contribution < 1.29 is 4.79 Å². The summed E-state index contributed by atoms with van der Waals surface area (Å²) in [5.41, 5.74) is 3.20. The standard InChI is InChI=1S/C17H19N3O/c1-3-11-18-14-9-10-16(19-12-14)17(21)20-15-8-6-5-7-13(15)4-2/h3,5-10,12,18H,1,4,11H2,2H3,(H,20,21). The zero-order chi connectivity index (χ0) is 15.1. The molecular weight excluding hydrogens is 262 g/mol. The summed E-state index contributed by atoms with van der Waals surface area (Å²) in [5.74, 6) is -0.203. The highest BCUT2D eigenvalue weighted by molar-refractivity contribution is 6.03. The summed E-state index contributed by atoms with van der Waals surface area (Å²) in [6, 6.07) is 11.3. The third-order valence-electron chi connectivity index (χ3n) is 3.09. The first-order chi connectivity index (χ1) is 10.2. The van der Waals surface area contributed by atoms with Crippen molar-refractivity contribution in [3.8, 4) is 0 Å². The second kappa shape index (κ2) is 7.24. The van der Waals surface area contributed by atoms with Crippen molar-refractivity contribution in [1.29, 1.82) is 0 Å². The first kappa shape index (κ1) is 14.8.